The monoisotopic (exact) mass is 326 g/mol. The molecule has 0 atom stereocenters. The van der Waals surface area contributed by atoms with Crippen LogP contribution in [-0.4, -0.2) is 49.0 Å². The predicted molar refractivity (Wildman–Crippen MR) is 71.3 cm³/mol. The van der Waals surface area contributed by atoms with Crippen molar-refractivity contribution in [1.29, 1.82) is 0 Å². The van der Waals surface area contributed by atoms with Gasteiger partial charge < -0.3 is 5.32 Å². The van der Waals surface area contributed by atoms with Crippen molar-refractivity contribution < 1.29 is 21.6 Å². The molecular weight excluding hydrogens is 309 g/mol. The van der Waals surface area contributed by atoms with Gasteiger partial charge in [0.1, 0.15) is 4.90 Å². The Morgan fingerprint density at radius 1 is 1.29 bits per heavy atom. The van der Waals surface area contributed by atoms with Crippen LogP contribution in [0.1, 0.15) is 19.8 Å². The number of nitrogens with zero attached hydrogens (tertiary/aromatic N) is 3. The minimum Gasteiger partial charge on any atom is -0.354 e. The second-order valence-electron chi connectivity index (χ2n) is 4.36. The van der Waals surface area contributed by atoms with Crippen LogP contribution in [0.2, 0.25) is 0 Å². The van der Waals surface area contributed by atoms with Crippen LogP contribution in [0.3, 0.4) is 0 Å². The van der Waals surface area contributed by atoms with Gasteiger partial charge in [-0.05, 0) is 6.42 Å². The van der Waals surface area contributed by atoms with Crippen LogP contribution < -0.4 is 5.32 Å². The molecule has 0 radical (unpaired) electrons. The summed E-state index contributed by atoms with van der Waals surface area (Å²) >= 11 is 0. The maximum Gasteiger partial charge on any atom is 0.390 e. The first-order valence-corrected chi connectivity index (χ1v) is 7.70. The average Bonchev–Trinajstić information content (AvgIpc) is 2.42. The molecule has 1 rings (SSSR count). The van der Waals surface area contributed by atoms with E-state index < -0.39 is 29.2 Å². The minimum atomic E-state index is -4.41. The van der Waals surface area contributed by atoms with Gasteiger partial charge in [-0.3, -0.25) is 0 Å². The normalized spacial score (nSPS) is 12.7. The summed E-state index contributed by atoms with van der Waals surface area (Å²) in [5, 5.41) is 2.87. The highest BCUT2D eigenvalue weighted by atomic mass is 32.2. The van der Waals surface area contributed by atoms with Gasteiger partial charge in [0.15, 0.2) is 0 Å². The van der Waals surface area contributed by atoms with E-state index in [1.165, 1.54) is 0 Å². The summed E-state index contributed by atoms with van der Waals surface area (Å²) in [5.74, 6) is 0.272. The Kier molecular flexibility index (Phi) is 5.90. The van der Waals surface area contributed by atoms with Crippen LogP contribution in [0.25, 0.3) is 0 Å². The van der Waals surface area contributed by atoms with E-state index in [9.17, 15) is 21.6 Å². The van der Waals surface area contributed by atoms with Crippen LogP contribution >= 0.6 is 0 Å². The van der Waals surface area contributed by atoms with E-state index in [0.717, 1.165) is 25.9 Å². The van der Waals surface area contributed by atoms with E-state index in [4.69, 9.17) is 0 Å². The predicted octanol–water partition coefficient (Wildman–Crippen LogP) is 1.87. The Morgan fingerprint density at radius 2 is 1.86 bits per heavy atom. The van der Waals surface area contributed by atoms with E-state index in [2.05, 4.69) is 15.3 Å². The molecular formula is C11H17F3N4O2S. The average molecular weight is 326 g/mol. The van der Waals surface area contributed by atoms with Crippen molar-refractivity contribution in [3.8, 4) is 0 Å². The van der Waals surface area contributed by atoms with Crippen LogP contribution in [0, 0.1) is 0 Å². The van der Waals surface area contributed by atoms with Crippen molar-refractivity contribution in [2.45, 2.75) is 30.8 Å². The quantitative estimate of drug-likeness (QED) is 0.828. The third kappa shape index (κ3) is 5.46. The molecule has 0 amide bonds. The summed E-state index contributed by atoms with van der Waals surface area (Å²) in [6.45, 7) is 1.93. The summed E-state index contributed by atoms with van der Waals surface area (Å²) < 4.78 is 61.1. The number of halogens is 3. The fourth-order valence-electron chi connectivity index (χ4n) is 1.36. The lowest BCUT2D eigenvalue weighted by Gasteiger charge is -2.17. The lowest BCUT2D eigenvalue weighted by molar-refractivity contribution is -0.135. The number of nitrogens with one attached hydrogen (secondary N) is 1. The zero-order valence-corrected chi connectivity index (χ0v) is 12.5. The maximum absolute atomic E-state index is 12.1. The van der Waals surface area contributed by atoms with Gasteiger partial charge in [0.2, 0.25) is 16.0 Å². The summed E-state index contributed by atoms with van der Waals surface area (Å²) in [4.78, 5) is 7.41. The Hall–Kier alpha value is -1.42. The molecule has 0 saturated carbocycles. The number of hydrogen-bond acceptors (Lipinski definition) is 5. The van der Waals surface area contributed by atoms with E-state index in [0.29, 0.717) is 10.8 Å². The second kappa shape index (κ2) is 7.03. The van der Waals surface area contributed by atoms with Gasteiger partial charge in [-0.25, -0.2) is 22.7 Å². The molecule has 0 spiro atoms. The minimum absolute atomic E-state index is 0.241. The molecule has 0 saturated heterocycles. The fourth-order valence-corrected chi connectivity index (χ4v) is 2.43. The molecule has 21 heavy (non-hydrogen) atoms. The summed E-state index contributed by atoms with van der Waals surface area (Å²) in [6, 6.07) is 0. The molecule has 0 aliphatic heterocycles. The molecule has 1 aromatic rings. The number of anilines is 1. The van der Waals surface area contributed by atoms with Crippen LogP contribution in [-0.2, 0) is 10.0 Å². The van der Waals surface area contributed by atoms with E-state index in [1.807, 2.05) is 6.92 Å². The number of sulfonamides is 1. The second-order valence-corrected chi connectivity index (χ2v) is 6.41. The molecule has 10 heteroatoms. The van der Waals surface area contributed by atoms with Crippen LogP contribution in [0.15, 0.2) is 17.3 Å². The van der Waals surface area contributed by atoms with Crippen LogP contribution in [0.4, 0.5) is 19.1 Å². The number of aromatic nitrogens is 2. The third-order valence-corrected chi connectivity index (χ3v) is 4.39. The molecule has 0 aliphatic rings. The molecule has 1 aromatic heterocycles. The Morgan fingerprint density at radius 3 is 2.33 bits per heavy atom. The van der Waals surface area contributed by atoms with Crippen LogP contribution in [0.5, 0.6) is 0 Å². The summed E-state index contributed by atoms with van der Waals surface area (Å²) in [5.41, 5.74) is 0. The molecule has 1 N–H and O–H groups in total. The number of rotatable bonds is 7. The highest BCUT2D eigenvalue weighted by Gasteiger charge is 2.30. The van der Waals surface area contributed by atoms with Gasteiger partial charge in [0.25, 0.3) is 0 Å². The molecule has 120 valence electrons. The molecule has 0 fully saturated rings. The largest absolute Gasteiger partial charge is 0.390 e. The lowest BCUT2D eigenvalue weighted by atomic mass is 10.4. The standard InChI is InChI=1S/C11H17F3N4O2S/c1-3-5-15-10-16-7-9(8-17-10)21(19,20)18(2)6-4-11(12,13)14/h7-8H,3-6H2,1-2H3,(H,15,16,17). The number of alkyl halides is 3. The molecule has 0 aromatic carbocycles. The fraction of sp³-hybridized carbons (Fsp3) is 0.636. The third-order valence-electron chi connectivity index (χ3n) is 2.58. The summed E-state index contributed by atoms with van der Waals surface area (Å²) in [6.07, 6.45) is -2.62. The van der Waals surface area contributed by atoms with Gasteiger partial charge in [-0.1, -0.05) is 6.92 Å². The first kappa shape index (κ1) is 17.6. The SMILES string of the molecule is CCCNc1ncc(S(=O)(=O)N(C)CCC(F)(F)F)cn1. The topological polar surface area (TPSA) is 75.2 Å². The Labute approximate surface area is 121 Å². The van der Waals surface area contributed by atoms with Gasteiger partial charge >= 0.3 is 6.18 Å². The van der Waals surface area contributed by atoms with Gasteiger partial charge in [0.05, 0.1) is 18.8 Å². The highest BCUT2D eigenvalue weighted by molar-refractivity contribution is 7.89. The molecule has 6 nitrogen and oxygen atoms in total. The first-order valence-electron chi connectivity index (χ1n) is 6.26. The highest BCUT2D eigenvalue weighted by Crippen LogP contribution is 2.21. The molecule has 0 aliphatic carbocycles. The van der Waals surface area contributed by atoms with Crippen molar-refractivity contribution in [1.82, 2.24) is 14.3 Å². The Bertz CT molecular complexity index is 546. The van der Waals surface area contributed by atoms with E-state index in [-0.39, 0.29) is 10.8 Å². The maximum atomic E-state index is 12.1. The molecule has 1 heterocycles. The van der Waals surface area contributed by atoms with Crippen molar-refractivity contribution in [3.63, 3.8) is 0 Å². The van der Waals surface area contributed by atoms with Gasteiger partial charge in [-0.2, -0.15) is 13.2 Å². The lowest BCUT2D eigenvalue weighted by Crippen LogP contribution is -2.30. The summed E-state index contributed by atoms with van der Waals surface area (Å²) in [7, 11) is -2.93. The van der Waals surface area contributed by atoms with E-state index in [1.54, 1.807) is 0 Å². The molecule has 0 unspecified atom stereocenters. The number of hydrogen-bond donors (Lipinski definition) is 1. The van der Waals surface area contributed by atoms with Gasteiger partial charge in [0, 0.05) is 20.1 Å². The molecule has 0 bridgehead atoms. The zero-order valence-electron chi connectivity index (χ0n) is 11.7. The van der Waals surface area contributed by atoms with E-state index >= 15 is 0 Å². The van der Waals surface area contributed by atoms with Crippen molar-refractivity contribution in [2.75, 3.05) is 25.5 Å². The van der Waals surface area contributed by atoms with Crippen molar-refractivity contribution in [2.24, 2.45) is 0 Å². The smallest absolute Gasteiger partial charge is 0.354 e. The van der Waals surface area contributed by atoms with Crippen molar-refractivity contribution >= 4 is 16.0 Å². The zero-order chi connectivity index (χ0) is 16.1. The Balaban J connectivity index is 2.77. The van der Waals surface area contributed by atoms with Crippen molar-refractivity contribution in [3.05, 3.63) is 12.4 Å². The first-order chi connectivity index (χ1) is 9.66. The van der Waals surface area contributed by atoms with Gasteiger partial charge in [-0.15, -0.1) is 0 Å².